The van der Waals surface area contributed by atoms with Crippen molar-refractivity contribution in [3.05, 3.63) is 0 Å². The SMILES string of the molecule is CP(C)(C)=[Te]. The van der Waals surface area contributed by atoms with Crippen molar-refractivity contribution in [2.75, 3.05) is 20.0 Å². The van der Waals surface area contributed by atoms with Gasteiger partial charge in [-0.05, 0) is 0 Å². The maximum absolute atomic E-state index is 2.30. The molecule has 0 unspecified atom stereocenters. The number of rotatable bonds is 0. The van der Waals surface area contributed by atoms with Crippen LogP contribution < -0.4 is 0 Å². The molecule has 0 amide bonds. The van der Waals surface area contributed by atoms with Crippen molar-refractivity contribution in [3.63, 3.8) is 0 Å². The van der Waals surface area contributed by atoms with Crippen molar-refractivity contribution in [3.8, 4) is 0 Å². The third kappa shape index (κ3) is 36.4. The van der Waals surface area contributed by atoms with E-state index in [-0.39, 0.29) is 4.49 Å². The summed E-state index contributed by atoms with van der Waals surface area (Å²) in [7, 11) is 0. The zero-order valence-corrected chi connectivity index (χ0v) is 7.08. The van der Waals surface area contributed by atoms with Crippen LogP contribution in [0.15, 0.2) is 0 Å². The molecule has 0 saturated carbocycles. The van der Waals surface area contributed by atoms with Crippen molar-refractivity contribution < 1.29 is 0 Å². The first-order valence-corrected chi connectivity index (χ1v) is 7.70. The summed E-state index contributed by atoms with van der Waals surface area (Å²) in [5.74, 6) is 0. The van der Waals surface area contributed by atoms with E-state index in [4.69, 9.17) is 0 Å². The first-order chi connectivity index (χ1) is 2.00. The van der Waals surface area contributed by atoms with E-state index >= 15 is 0 Å². The van der Waals surface area contributed by atoms with Gasteiger partial charge in [-0.15, -0.1) is 0 Å². The monoisotopic (exact) mass is 206 g/mol. The summed E-state index contributed by atoms with van der Waals surface area (Å²) in [5, 5.41) is 0. The number of hydrogen-bond acceptors (Lipinski definition) is 0. The Labute approximate surface area is 46.0 Å². The Morgan fingerprint density at radius 2 is 1.20 bits per heavy atom. The van der Waals surface area contributed by atoms with Gasteiger partial charge in [0.25, 0.3) is 0 Å². The quantitative estimate of drug-likeness (QED) is 0.407. The summed E-state index contributed by atoms with van der Waals surface area (Å²) in [5.41, 5.74) is 0. The van der Waals surface area contributed by atoms with Gasteiger partial charge in [-0.2, -0.15) is 0 Å². The molecule has 0 aliphatic rings. The van der Waals surface area contributed by atoms with Crippen molar-refractivity contribution in [1.82, 2.24) is 0 Å². The summed E-state index contributed by atoms with van der Waals surface area (Å²) >= 11 is 2.24. The minimum atomic E-state index is -0.379. The molecule has 0 radical (unpaired) electrons. The van der Waals surface area contributed by atoms with Crippen LogP contribution in [-0.4, -0.2) is 41.2 Å². The molecule has 0 spiro atoms. The van der Waals surface area contributed by atoms with E-state index in [1.54, 1.807) is 0 Å². The molecule has 0 saturated heterocycles. The molecule has 0 nitrogen and oxygen atoms in total. The average molecular weight is 204 g/mol. The molecule has 5 heavy (non-hydrogen) atoms. The van der Waals surface area contributed by atoms with Crippen LogP contribution in [-0.2, 0) is 0 Å². The molecule has 0 aromatic heterocycles. The van der Waals surface area contributed by atoms with Crippen LogP contribution in [0.2, 0.25) is 0 Å². The summed E-state index contributed by atoms with van der Waals surface area (Å²) in [6.07, 6.45) is 0. The molecule has 0 aromatic carbocycles. The van der Waals surface area contributed by atoms with Crippen molar-refractivity contribution in [1.29, 1.82) is 0 Å². The molecular weight excluding hydrogens is 195 g/mol. The molecule has 0 rings (SSSR count). The average Bonchev–Trinajstić information content (AvgIpc) is 0.722. The fraction of sp³-hybridized carbons (Fsp3) is 1.00. The van der Waals surface area contributed by atoms with E-state index in [9.17, 15) is 0 Å². The standard InChI is InChI=1S/C3H9PTe/c1-4(2,3)5/h1-3H3. The van der Waals surface area contributed by atoms with Crippen molar-refractivity contribution in [2.45, 2.75) is 0 Å². The zero-order valence-electron chi connectivity index (χ0n) is 3.86. The Hall–Kier alpha value is 1.22. The van der Waals surface area contributed by atoms with Gasteiger partial charge in [0.05, 0.1) is 0 Å². The molecule has 0 aromatic rings. The Balaban J connectivity index is 3.47. The normalized spacial score (nSPS) is 11.8. The van der Waals surface area contributed by atoms with Gasteiger partial charge < -0.3 is 0 Å². The molecule has 0 aliphatic carbocycles. The van der Waals surface area contributed by atoms with E-state index < -0.39 is 0 Å². The van der Waals surface area contributed by atoms with E-state index in [0.29, 0.717) is 0 Å². The van der Waals surface area contributed by atoms with Gasteiger partial charge >= 0.3 is 45.7 Å². The summed E-state index contributed by atoms with van der Waals surface area (Å²) in [6.45, 7) is 6.91. The second-order valence-electron chi connectivity index (χ2n) is 1.89. The van der Waals surface area contributed by atoms with Crippen LogP contribution in [0.1, 0.15) is 0 Å². The molecule has 0 atom stereocenters. The molecule has 0 N–H and O–H groups in total. The first-order valence-electron chi connectivity index (χ1n) is 1.52. The second-order valence-corrected chi connectivity index (χ2v) is 15.0. The molecule has 0 fully saturated rings. The van der Waals surface area contributed by atoms with Crippen LogP contribution in [0, 0.1) is 0 Å². The molecular formula is C3H9PTe. The van der Waals surface area contributed by atoms with Gasteiger partial charge in [-0.1, -0.05) is 0 Å². The molecule has 0 heterocycles. The Bertz CT molecular complexity index is 53.0. The predicted molar refractivity (Wildman–Crippen MR) is 30.4 cm³/mol. The van der Waals surface area contributed by atoms with Gasteiger partial charge in [0.2, 0.25) is 0 Å². The fourth-order valence-electron chi connectivity index (χ4n) is 0. The van der Waals surface area contributed by atoms with Gasteiger partial charge in [-0.25, -0.2) is 0 Å². The van der Waals surface area contributed by atoms with Crippen LogP contribution in [0.3, 0.4) is 0 Å². The van der Waals surface area contributed by atoms with Crippen molar-refractivity contribution in [2.24, 2.45) is 0 Å². The molecule has 0 aliphatic heterocycles. The van der Waals surface area contributed by atoms with Gasteiger partial charge in [0.15, 0.2) is 0 Å². The number of hydrogen-bond donors (Lipinski definition) is 0. The second kappa shape index (κ2) is 1.78. The Morgan fingerprint density at radius 1 is 1.20 bits per heavy atom. The van der Waals surface area contributed by atoms with E-state index in [0.717, 1.165) is 0 Å². The van der Waals surface area contributed by atoms with Gasteiger partial charge in [0.1, 0.15) is 0 Å². The van der Waals surface area contributed by atoms with Crippen molar-refractivity contribution >= 4 is 25.7 Å². The summed E-state index contributed by atoms with van der Waals surface area (Å²) < 4.78 is -0.379. The third-order valence-electron chi connectivity index (χ3n) is 0. The first kappa shape index (κ1) is 6.22. The Kier molecular flexibility index (Phi) is 2.22. The van der Waals surface area contributed by atoms with Crippen LogP contribution >= 0.6 is 4.49 Å². The topological polar surface area (TPSA) is 0 Å². The molecule has 0 bridgehead atoms. The van der Waals surface area contributed by atoms with Crippen LogP contribution in [0.25, 0.3) is 0 Å². The predicted octanol–water partition coefficient (Wildman–Crippen LogP) is 0.977. The zero-order chi connectivity index (χ0) is 4.50. The maximum atomic E-state index is 2.30. The van der Waals surface area contributed by atoms with Crippen LogP contribution in [0.5, 0.6) is 0 Å². The fourth-order valence-corrected chi connectivity index (χ4v) is 0. The summed E-state index contributed by atoms with van der Waals surface area (Å²) in [4.78, 5) is 0. The van der Waals surface area contributed by atoms with Gasteiger partial charge in [-0.3, -0.25) is 0 Å². The molecule has 32 valence electrons. The summed E-state index contributed by atoms with van der Waals surface area (Å²) in [6, 6.07) is 0. The van der Waals surface area contributed by atoms with E-state index in [2.05, 4.69) is 41.2 Å². The molecule has 2 heteroatoms. The Morgan fingerprint density at radius 3 is 1.20 bits per heavy atom. The van der Waals surface area contributed by atoms with Crippen LogP contribution in [0.4, 0.5) is 0 Å². The van der Waals surface area contributed by atoms with Gasteiger partial charge in [0, 0.05) is 0 Å². The minimum absolute atomic E-state index is 0.379. The third-order valence-corrected chi connectivity index (χ3v) is 0. The van der Waals surface area contributed by atoms with E-state index in [1.165, 1.54) is 0 Å². The van der Waals surface area contributed by atoms with E-state index in [1.807, 2.05) is 0 Å².